The first kappa shape index (κ1) is 8.05. The van der Waals surface area contributed by atoms with Crippen LogP contribution in [0.1, 0.15) is 28.8 Å². The van der Waals surface area contributed by atoms with Crippen LogP contribution in [0.15, 0.2) is 24.3 Å². The third kappa shape index (κ3) is 1.47. The number of phenolic OH excluding ortho intramolecular Hbond substituents is 1. The zero-order valence-electron chi connectivity index (χ0n) is 7.16. The summed E-state index contributed by atoms with van der Waals surface area (Å²) < 4.78 is 0. The van der Waals surface area contributed by atoms with E-state index >= 15 is 0 Å². The number of fused-ring (bicyclic) bond motifs is 1. The predicted molar refractivity (Wildman–Crippen MR) is 50.7 cm³/mol. The molecule has 0 heterocycles. The molecule has 0 aliphatic heterocycles. The first-order chi connectivity index (χ1) is 6.27. The van der Waals surface area contributed by atoms with E-state index in [4.69, 9.17) is 0 Å². The number of carbonyl (C=O) groups is 1. The Balaban J connectivity index is 2.58. The van der Waals surface area contributed by atoms with E-state index in [-0.39, 0.29) is 11.5 Å². The minimum atomic E-state index is 0.107. The Kier molecular flexibility index (Phi) is 1.89. The number of ketones is 1. The summed E-state index contributed by atoms with van der Waals surface area (Å²) in [5.74, 6) is 0.262. The Morgan fingerprint density at radius 3 is 3.00 bits per heavy atom. The van der Waals surface area contributed by atoms with E-state index in [1.165, 1.54) is 6.07 Å². The van der Waals surface area contributed by atoms with Crippen molar-refractivity contribution < 1.29 is 9.90 Å². The average Bonchev–Trinajstić information content (AvgIpc) is 2.29. The van der Waals surface area contributed by atoms with Gasteiger partial charge in [-0.25, -0.2) is 0 Å². The van der Waals surface area contributed by atoms with Crippen molar-refractivity contribution in [1.29, 1.82) is 0 Å². The maximum absolute atomic E-state index is 11.5. The van der Waals surface area contributed by atoms with E-state index < -0.39 is 0 Å². The van der Waals surface area contributed by atoms with Crippen LogP contribution in [-0.2, 0) is 0 Å². The van der Waals surface area contributed by atoms with Crippen LogP contribution in [0.5, 0.6) is 5.75 Å². The fraction of sp³-hybridized carbons (Fsp3) is 0.182. The van der Waals surface area contributed by atoms with E-state index in [0.29, 0.717) is 12.0 Å². The summed E-state index contributed by atoms with van der Waals surface area (Å²) in [5.41, 5.74) is 1.54. The number of carbonyl (C=O) groups excluding carboxylic acids is 1. The highest BCUT2D eigenvalue weighted by Crippen LogP contribution is 2.22. The summed E-state index contributed by atoms with van der Waals surface area (Å²) in [4.78, 5) is 11.5. The van der Waals surface area contributed by atoms with Crippen molar-refractivity contribution in [2.75, 3.05) is 0 Å². The molecule has 0 aromatic heterocycles. The number of rotatable bonds is 0. The molecule has 1 N–H and O–H groups in total. The number of allylic oxidation sites excluding steroid dienone is 1. The van der Waals surface area contributed by atoms with E-state index in [0.717, 1.165) is 12.0 Å². The molecule has 0 saturated carbocycles. The van der Waals surface area contributed by atoms with Crippen LogP contribution in [0.2, 0.25) is 0 Å². The maximum atomic E-state index is 11.5. The molecule has 2 nitrogen and oxygen atoms in total. The molecule has 1 aliphatic rings. The second-order valence-electron chi connectivity index (χ2n) is 3.14. The van der Waals surface area contributed by atoms with Gasteiger partial charge in [0, 0.05) is 12.0 Å². The smallest absolute Gasteiger partial charge is 0.163 e. The maximum Gasteiger partial charge on any atom is 0.163 e. The van der Waals surface area contributed by atoms with Gasteiger partial charge in [-0.3, -0.25) is 4.79 Å². The minimum absolute atomic E-state index is 0.107. The monoisotopic (exact) mass is 174 g/mol. The van der Waals surface area contributed by atoms with Gasteiger partial charge < -0.3 is 5.11 Å². The lowest BCUT2D eigenvalue weighted by atomic mass is 10.0. The van der Waals surface area contributed by atoms with Gasteiger partial charge in [-0.1, -0.05) is 18.2 Å². The fourth-order valence-corrected chi connectivity index (χ4v) is 1.49. The molecule has 0 unspecified atom stereocenters. The van der Waals surface area contributed by atoms with Gasteiger partial charge in [0.1, 0.15) is 5.75 Å². The van der Waals surface area contributed by atoms with Gasteiger partial charge in [0.25, 0.3) is 0 Å². The van der Waals surface area contributed by atoms with Gasteiger partial charge in [0.05, 0.1) is 0 Å². The summed E-state index contributed by atoms with van der Waals surface area (Å²) in [6, 6.07) is 4.90. The highest BCUT2D eigenvalue weighted by molar-refractivity contribution is 6.00. The summed E-state index contributed by atoms with van der Waals surface area (Å²) in [6.45, 7) is 0. The van der Waals surface area contributed by atoms with Gasteiger partial charge >= 0.3 is 0 Å². The van der Waals surface area contributed by atoms with E-state index in [1.54, 1.807) is 12.1 Å². The van der Waals surface area contributed by atoms with Crippen LogP contribution >= 0.6 is 0 Å². The second kappa shape index (κ2) is 3.05. The standard InChI is InChI=1S/C11H10O2/c12-9-6-5-8-3-1-2-4-11(13)10(8)7-9/h1,3,5-7,12H,2,4H2. The Bertz CT molecular complexity index is 378. The summed E-state index contributed by atoms with van der Waals surface area (Å²) >= 11 is 0. The molecule has 1 aromatic carbocycles. The largest absolute Gasteiger partial charge is 0.508 e. The summed E-state index contributed by atoms with van der Waals surface area (Å²) in [7, 11) is 0. The Labute approximate surface area is 76.5 Å². The molecule has 0 amide bonds. The lowest BCUT2D eigenvalue weighted by Crippen LogP contribution is -1.98. The number of Topliss-reactive ketones (excluding diaryl/α,β-unsaturated/α-hetero) is 1. The second-order valence-corrected chi connectivity index (χ2v) is 3.14. The lowest BCUT2D eigenvalue weighted by molar-refractivity contribution is 0.0984. The van der Waals surface area contributed by atoms with Gasteiger partial charge in [0.2, 0.25) is 0 Å². The fourth-order valence-electron chi connectivity index (χ4n) is 1.49. The zero-order valence-corrected chi connectivity index (χ0v) is 7.16. The summed E-state index contributed by atoms with van der Waals surface area (Å²) in [5, 5.41) is 9.22. The lowest BCUT2D eigenvalue weighted by Gasteiger charge is -2.02. The number of aromatic hydroxyl groups is 1. The predicted octanol–water partition coefficient (Wildman–Crippen LogP) is 2.38. The average molecular weight is 174 g/mol. The molecule has 0 bridgehead atoms. The van der Waals surface area contributed by atoms with Crippen molar-refractivity contribution in [3.8, 4) is 5.75 Å². The van der Waals surface area contributed by atoms with Crippen molar-refractivity contribution in [3.05, 3.63) is 35.4 Å². The molecule has 2 heteroatoms. The molecular formula is C11H10O2. The molecule has 0 saturated heterocycles. The van der Waals surface area contributed by atoms with Crippen LogP contribution in [0.4, 0.5) is 0 Å². The SMILES string of the molecule is O=C1CCC=Cc2ccc(O)cc21. The minimum Gasteiger partial charge on any atom is -0.508 e. The van der Waals surface area contributed by atoms with Gasteiger partial charge in [0.15, 0.2) is 5.78 Å². The molecule has 1 aliphatic carbocycles. The molecule has 2 rings (SSSR count). The topological polar surface area (TPSA) is 37.3 Å². The van der Waals surface area contributed by atoms with Crippen molar-refractivity contribution in [2.24, 2.45) is 0 Å². The first-order valence-corrected chi connectivity index (χ1v) is 4.30. The quantitative estimate of drug-likeness (QED) is 0.655. The Morgan fingerprint density at radius 2 is 2.15 bits per heavy atom. The van der Waals surface area contributed by atoms with Crippen molar-refractivity contribution in [3.63, 3.8) is 0 Å². The van der Waals surface area contributed by atoms with Crippen molar-refractivity contribution in [1.82, 2.24) is 0 Å². The van der Waals surface area contributed by atoms with Crippen LogP contribution < -0.4 is 0 Å². The van der Waals surface area contributed by atoms with Crippen LogP contribution in [0.3, 0.4) is 0 Å². The van der Waals surface area contributed by atoms with Crippen LogP contribution in [0.25, 0.3) is 6.08 Å². The number of phenols is 1. The highest BCUT2D eigenvalue weighted by Gasteiger charge is 2.12. The number of hydrogen-bond acceptors (Lipinski definition) is 2. The molecule has 0 spiro atoms. The first-order valence-electron chi connectivity index (χ1n) is 4.30. The Morgan fingerprint density at radius 1 is 1.31 bits per heavy atom. The molecule has 0 fully saturated rings. The molecule has 0 atom stereocenters. The molecular weight excluding hydrogens is 164 g/mol. The van der Waals surface area contributed by atoms with E-state index in [9.17, 15) is 9.90 Å². The zero-order chi connectivity index (χ0) is 9.26. The molecule has 66 valence electrons. The van der Waals surface area contributed by atoms with E-state index in [1.807, 2.05) is 12.2 Å². The van der Waals surface area contributed by atoms with Gasteiger partial charge in [-0.2, -0.15) is 0 Å². The van der Waals surface area contributed by atoms with Gasteiger partial charge in [-0.05, 0) is 24.1 Å². The number of benzene rings is 1. The van der Waals surface area contributed by atoms with Gasteiger partial charge in [-0.15, -0.1) is 0 Å². The van der Waals surface area contributed by atoms with E-state index in [2.05, 4.69) is 0 Å². The highest BCUT2D eigenvalue weighted by atomic mass is 16.3. The normalized spacial score (nSPS) is 15.2. The summed E-state index contributed by atoms with van der Waals surface area (Å²) in [6.07, 6.45) is 5.24. The Hall–Kier alpha value is -1.57. The third-order valence-corrected chi connectivity index (χ3v) is 2.17. The van der Waals surface area contributed by atoms with Crippen molar-refractivity contribution >= 4 is 11.9 Å². The van der Waals surface area contributed by atoms with Crippen molar-refractivity contribution in [2.45, 2.75) is 12.8 Å². The third-order valence-electron chi connectivity index (χ3n) is 2.17. The molecule has 1 aromatic rings. The molecule has 13 heavy (non-hydrogen) atoms. The van der Waals surface area contributed by atoms with Crippen LogP contribution in [-0.4, -0.2) is 10.9 Å². The number of hydrogen-bond donors (Lipinski definition) is 1. The molecule has 0 radical (unpaired) electrons. The van der Waals surface area contributed by atoms with Crippen LogP contribution in [0, 0.1) is 0 Å².